The van der Waals surface area contributed by atoms with Crippen molar-refractivity contribution in [1.82, 2.24) is 10.2 Å². The van der Waals surface area contributed by atoms with Crippen LogP contribution in [0.1, 0.15) is 43.7 Å². The van der Waals surface area contributed by atoms with Crippen molar-refractivity contribution in [2.45, 2.75) is 39.2 Å². The van der Waals surface area contributed by atoms with Crippen LogP contribution in [0.5, 0.6) is 0 Å². The van der Waals surface area contributed by atoms with Crippen molar-refractivity contribution in [3.8, 4) is 0 Å². The summed E-state index contributed by atoms with van der Waals surface area (Å²) >= 11 is 0. The largest absolute Gasteiger partial charge is 0.459 e. The summed E-state index contributed by atoms with van der Waals surface area (Å²) in [5.41, 5.74) is 0. The Kier molecular flexibility index (Phi) is 4.82. The lowest BCUT2D eigenvalue weighted by Crippen LogP contribution is -2.46. The summed E-state index contributed by atoms with van der Waals surface area (Å²) in [4.78, 5) is 26.0. The number of rotatable bonds is 5. The summed E-state index contributed by atoms with van der Waals surface area (Å²) in [6.07, 6.45) is 4.00. The second kappa shape index (κ2) is 6.59. The number of nitrogens with zero attached hydrogens (tertiary/aromatic N) is 1. The molecule has 1 aromatic heterocycles. The maximum absolute atomic E-state index is 12.3. The molecular formula is C15H22N2O3. The average Bonchev–Trinajstić information content (AvgIpc) is 3.08. The molecule has 0 aliphatic carbocycles. The summed E-state index contributed by atoms with van der Waals surface area (Å²) in [5, 5.41) is 2.92. The fraction of sp³-hybridized carbons (Fsp3) is 0.600. The number of hydrogen-bond acceptors (Lipinski definition) is 3. The molecule has 0 radical (unpaired) electrons. The summed E-state index contributed by atoms with van der Waals surface area (Å²) in [7, 11) is 0. The molecule has 5 heteroatoms. The van der Waals surface area contributed by atoms with Crippen molar-refractivity contribution in [2.24, 2.45) is 5.92 Å². The number of hydrogen-bond donors (Lipinski definition) is 1. The molecule has 20 heavy (non-hydrogen) atoms. The van der Waals surface area contributed by atoms with Crippen LogP contribution in [0.2, 0.25) is 0 Å². The van der Waals surface area contributed by atoms with Crippen molar-refractivity contribution in [2.75, 3.05) is 13.1 Å². The van der Waals surface area contributed by atoms with Gasteiger partial charge in [-0.2, -0.15) is 0 Å². The van der Waals surface area contributed by atoms with Gasteiger partial charge in [0.15, 0.2) is 5.76 Å². The molecule has 0 spiro atoms. The van der Waals surface area contributed by atoms with E-state index in [9.17, 15) is 9.59 Å². The number of likely N-dealkylation sites (tertiary alicyclic amines) is 1. The van der Waals surface area contributed by atoms with Gasteiger partial charge < -0.3 is 14.6 Å². The van der Waals surface area contributed by atoms with Gasteiger partial charge in [-0.15, -0.1) is 0 Å². The zero-order chi connectivity index (χ0) is 14.5. The van der Waals surface area contributed by atoms with Gasteiger partial charge in [-0.1, -0.05) is 13.8 Å². The Morgan fingerprint density at radius 1 is 1.50 bits per heavy atom. The lowest BCUT2D eigenvalue weighted by Gasteiger charge is -2.23. The molecule has 0 aromatic carbocycles. The second-order valence-corrected chi connectivity index (χ2v) is 5.61. The summed E-state index contributed by atoms with van der Waals surface area (Å²) < 4.78 is 5.13. The van der Waals surface area contributed by atoms with Crippen LogP contribution < -0.4 is 5.32 Å². The first kappa shape index (κ1) is 14.6. The molecule has 0 bridgehead atoms. The van der Waals surface area contributed by atoms with Gasteiger partial charge in [0.1, 0.15) is 6.04 Å². The molecule has 2 rings (SSSR count). The molecule has 1 N–H and O–H groups in total. The topological polar surface area (TPSA) is 62.6 Å². The zero-order valence-corrected chi connectivity index (χ0v) is 12.1. The highest BCUT2D eigenvalue weighted by Crippen LogP contribution is 2.20. The van der Waals surface area contributed by atoms with Crippen LogP contribution in [-0.2, 0) is 4.79 Å². The van der Waals surface area contributed by atoms with Crippen LogP contribution in [0.3, 0.4) is 0 Å². The fourth-order valence-corrected chi connectivity index (χ4v) is 2.43. The molecule has 1 atom stereocenters. The molecule has 0 unspecified atom stereocenters. The number of amides is 2. The minimum atomic E-state index is -0.361. The minimum Gasteiger partial charge on any atom is -0.459 e. The molecular weight excluding hydrogens is 256 g/mol. The smallest absolute Gasteiger partial charge is 0.290 e. The van der Waals surface area contributed by atoms with Crippen LogP contribution in [-0.4, -0.2) is 35.8 Å². The molecule has 1 saturated heterocycles. The van der Waals surface area contributed by atoms with Gasteiger partial charge in [0.25, 0.3) is 5.91 Å². The van der Waals surface area contributed by atoms with Gasteiger partial charge in [-0.3, -0.25) is 9.59 Å². The number of carbonyl (C=O) groups is 2. The van der Waals surface area contributed by atoms with Gasteiger partial charge >= 0.3 is 0 Å². The van der Waals surface area contributed by atoms with Crippen molar-refractivity contribution in [3.63, 3.8) is 0 Å². The standard InChI is InChI=1S/C15H22N2O3/c1-11(2)7-8-16-14(18)12-5-3-9-17(12)15(19)13-6-4-10-20-13/h4,6,10-12H,3,5,7-9H2,1-2H3,(H,16,18)/t12-/m0/s1. The lowest BCUT2D eigenvalue weighted by molar-refractivity contribution is -0.124. The highest BCUT2D eigenvalue weighted by atomic mass is 16.3. The van der Waals surface area contributed by atoms with E-state index < -0.39 is 0 Å². The highest BCUT2D eigenvalue weighted by molar-refractivity contribution is 5.95. The van der Waals surface area contributed by atoms with E-state index in [0.717, 1.165) is 19.3 Å². The number of furan rings is 1. The molecule has 110 valence electrons. The molecule has 1 aliphatic heterocycles. The number of carbonyl (C=O) groups excluding carboxylic acids is 2. The van der Waals surface area contributed by atoms with Gasteiger partial charge in [0, 0.05) is 13.1 Å². The van der Waals surface area contributed by atoms with E-state index in [0.29, 0.717) is 24.8 Å². The molecule has 1 aliphatic rings. The Balaban J connectivity index is 1.93. The van der Waals surface area contributed by atoms with Crippen LogP contribution in [0.4, 0.5) is 0 Å². The van der Waals surface area contributed by atoms with E-state index in [4.69, 9.17) is 4.42 Å². The molecule has 0 saturated carbocycles. The Hall–Kier alpha value is -1.78. The normalized spacial score (nSPS) is 18.6. The molecule has 1 fully saturated rings. The SMILES string of the molecule is CC(C)CCNC(=O)[C@@H]1CCCN1C(=O)c1ccco1. The predicted octanol–water partition coefficient (Wildman–Crippen LogP) is 2.05. The first-order chi connectivity index (χ1) is 9.59. The van der Waals surface area contributed by atoms with Crippen LogP contribution in [0.25, 0.3) is 0 Å². The second-order valence-electron chi connectivity index (χ2n) is 5.61. The highest BCUT2D eigenvalue weighted by Gasteiger charge is 2.35. The fourth-order valence-electron chi connectivity index (χ4n) is 2.43. The zero-order valence-electron chi connectivity index (χ0n) is 12.1. The van der Waals surface area contributed by atoms with Crippen molar-refractivity contribution >= 4 is 11.8 Å². The Bertz CT molecular complexity index is 454. The van der Waals surface area contributed by atoms with Gasteiger partial charge in [0.2, 0.25) is 5.91 Å². The Morgan fingerprint density at radius 2 is 2.30 bits per heavy atom. The lowest BCUT2D eigenvalue weighted by atomic mass is 10.1. The number of nitrogens with one attached hydrogen (secondary N) is 1. The quantitative estimate of drug-likeness (QED) is 0.896. The average molecular weight is 278 g/mol. The Morgan fingerprint density at radius 3 is 2.95 bits per heavy atom. The third kappa shape index (κ3) is 3.40. The van der Waals surface area contributed by atoms with Crippen LogP contribution in [0, 0.1) is 5.92 Å². The van der Waals surface area contributed by atoms with E-state index >= 15 is 0 Å². The minimum absolute atomic E-state index is 0.0527. The van der Waals surface area contributed by atoms with E-state index in [1.807, 2.05) is 0 Å². The van der Waals surface area contributed by atoms with Gasteiger partial charge in [-0.25, -0.2) is 0 Å². The third-order valence-electron chi connectivity index (χ3n) is 3.57. The first-order valence-corrected chi connectivity index (χ1v) is 7.21. The van der Waals surface area contributed by atoms with Gasteiger partial charge in [0.05, 0.1) is 6.26 Å². The predicted molar refractivity (Wildman–Crippen MR) is 75.2 cm³/mol. The molecule has 2 amide bonds. The van der Waals surface area contributed by atoms with Gasteiger partial charge in [-0.05, 0) is 37.3 Å². The maximum Gasteiger partial charge on any atom is 0.290 e. The summed E-state index contributed by atoms with van der Waals surface area (Å²) in [6, 6.07) is 2.95. The third-order valence-corrected chi connectivity index (χ3v) is 3.57. The van der Waals surface area contributed by atoms with Crippen molar-refractivity contribution in [1.29, 1.82) is 0 Å². The van der Waals surface area contributed by atoms with Crippen LogP contribution >= 0.6 is 0 Å². The molecule has 5 nitrogen and oxygen atoms in total. The van der Waals surface area contributed by atoms with E-state index in [-0.39, 0.29) is 17.9 Å². The maximum atomic E-state index is 12.3. The monoisotopic (exact) mass is 278 g/mol. The summed E-state index contributed by atoms with van der Waals surface area (Å²) in [5.74, 6) is 0.603. The molecule has 1 aromatic rings. The van der Waals surface area contributed by atoms with Crippen molar-refractivity contribution in [3.05, 3.63) is 24.2 Å². The van der Waals surface area contributed by atoms with E-state index in [1.54, 1.807) is 17.0 Å². The molecule has 2 heterocycles. The van der Waals surface area contributed by atoms with E-state index in [2.05, 4.69) is 19.2 Å². The van der Waals surface area contributed by atoms with Crippen LogP contribution in [0.15, 0.2) is 22.8 Å². The first-order valence-electron chi connectivity index (χ1n) is 7.21. The van der Waals surface area contributed by atoms with E-state index in [1.165, 1.54) is 6.26 Å². The summed E-state index contributed by atoms with van der Waals surface area (Å²) in [6.45, 7) is 5.51. The Labute approximate surface area is 119 Å². The van der Waals surface area contributed by atoms with Crippen molar-refractivity contribution < 1.29 is 14.0 Å².